The van der Waals surface area contributed by atoms with Crippen LogP contribution in [0.1, 0.15) is 22.7 Å². The maximum absolute atomic E-state index is 12.5. The molecule has 0 saturated heterocycles. The van der Waals surface area contributed by atoms with Crippen molar-refractivity contribution >= 4 is 6.29 Å². The number of nitrogens with zero attached hydrogens (tertiary/aromatic N) is 3. The zero-order valence-electron chi connectivity index (χ0n) is 8.25. The van der Waals surface area contributed by atoms with Gasteiger partial charge in [-0.2, -0.15) is 8.78 Å². The summed E-state index contributed by atoms with van der Waals surface area (Å²) in [7, 11) is 0. The van der Waals surface area contributed by atoms with E-state index in [0.29, 0.717) is 11.8 Å². The lowest BCUT2D eigenvalue weighted by Gasteiger charge is -2.06. The van der Waals surface area contributed by atoms with Crippen LogP contribution in [0, 0.1) is 0 Å². The predicted octanol–water partition coefficient (Wildman–Crippen LogP) is 1.94. The van der Waals surface area contributed by atoms with E-state index in [9.17, 15) is 13.6 Å². The minimum absolute atomic E-state index is 0.213. The second-order valence-electron chi connectivity index (χ2n) is 3.26. The first-order valence-corrected chi connectivity index (χ1v) is 4.61. The topological polar surface area (TPSA) is 39.8 Å². The number of carbonyl (C=O) groups excluding carboxylic acids is 1. The average Bonchev–Trinajstić information content (AvgIpc) is 2.87. The summed E-state index contributed by atoms with van der Waals surface area (Å²) in [6.45, 7) is -2.39. The van der Waals surface area contributed by atoms with Gasteiger partial charge in [-0.15, -0.1) is 0 Å². The molecular weight excluding hydrogens is 216 g/mol. The minimum atomic E-state index is -2.60. The molecule has 0 amide bonds. The Bertz CT molecular complexity index is 490. The van der Waals surface area contributed by atoms with Gasteiger partial charge < -0.3 is 4.57 Å². The molecule has 0 aromatic carbocycles. The van der Waals surface area contributed by atoms with Gasteiger partial charge in [-0.1, -0.05) is 0 Å². The lowest BCUT2D eigenvalue weighted by Crippen LogP contribution is -2.07. The van der Waals surface area contributed by atoms with E-state index < -0.39 is 6.55 Å². The quantitative estimate of drug-likeness (QED) is 0.746. The highest BCUT2D eigenvalue weighted by atomic mass is 19.3. The molecule has 0 unspecified atom stereocenters. The molecular formula is C10H9F2N3O. The third kappa shape index (κ3) is 2.00. The van der Waals surface area contributed by atoms with Crippen molar-refractivity contribution in [2.24, 2.45) is 0 Å². The first kappa shape index (κ1) is 10.5. The Morgan fingerprint density at radius 1 is 1.44 bits per heavy atom. The molecule has 0 radical (unpaired) electrons. The van der Waals surface area contributed by atoms with Gasteiger partial charge in [0.05, 0.1) is 6.54 Å². The summed E-state index contributed by atoms with van der Waals surface area (Å²) >= 11 is 0. The second kappa shape index (κ2) is 4.26. The molecule has 16 heavy (non-hydrogen) atoms. The van der Waals surface area contributed by atoms with Crippen molar-refractivity contribution in [2.75, 3.05) is 0 Å². The molecule has 0 aliphatic carbocycles. The smallest absolute Gasteiger partial charge is 0.319 e. The molecule has 0 aliphatic heterocycles. The van der Waals surface area contributed by atoms with E-state index in [-0.39, 0.29) is 12.4 Å². The third-order valence-corrected chi connectivity index (χ3v) is 2.19. The van der Waals surface area contributed by atoms with Gasteiger partial charge in [-0.05, 0) is 6.07 Å². The fourth-order valence-electron chi connectivity index (χ4n) is 1.43. The highest BCUT2D eigenvalue weighted by molar-refractivity contribution is 5.74. The maximum atomic E-state index is 12.5. The Labute approximate surface area is 90.1 Å². The van der Waals surface area contributed by atoms with Crippen molar-refractivity contribution in [1.82, 2.24) is 14.1 Å². The van der Waals surface area contributed by atoms with Crippen molar-refractivity contribution in [3.63, 3.8) is 0 Å². The van der Waals surface area contributed by atoms with Crippen LogP contribution in [0.4, 0.5) is 8.78 Å². The molecule has 0 aliphatic rings. The molecule has 2 rings (SSSR count). The maximum Gasteiger partial charge on any atom is 0.319 e. The van der Waals surface area contributed by atoms with Gasteiger partial charge in [-0.3, -0.25) is 9.36 Å². The fourth-order valence-corrected chi connectivity index (χ4v) is 1.43. The lowest BCUT2D eigenvalue weighted by molar-refractivity contribution is 0.0667. The van der Waals surface area contributed by atoms with Gasteiger partial charge in [0.1, 0.15) is 5.82 Å². The highest BCUT2D eigenvalue weighted by Gasteiger charge is 2.11. The van der Waals surface area contributed by atoms with Gasteiger partial charge in [-0.25, -0.2) is 4.98 Å². The SMILES string of the molecule is O=Cc1ccn(Cc2nccn2C(F)F)c1. The summed E-state index contributed by atoms with van der Waals surface area (Å²) in [4.78, 5) is 14.3. The van der Waals surface area contributed by atoms with E-state index in [1.165, 1.54) is 12.4 Å². The Morgan fingerprint density at radius 3 is 2.88 bits per heavy atom. The largest absolute Gasteiger partial charge is 0.346 e. The number of imidazole rings is 1. The van der Waals surface area contributed by atoms with Gasteiger partial charge in [0.15, 0.2) is 6.29 Å². The molecule has 2 heterocycles. The van der Waals surface area contributed by atoms with Crippen molar-refractivity contribution < 1.29 is 13.6 Å². The van der Waals surface area contributed by atoms with Crippen molar-refractivity contribution in [2.45, 2.75) is 13.1 Å². The van der Waals surface area contributed by atoms with Gasteiger partial charge in [0, 0.05) is 30.4 Å². The molecule has 6 heteroatoms. The first-order chi connectivity index (χ1) is 7.70. The molecule has 2 aromatic heterocycles. The van der Waals surface area contributed by atoms with Crippen molar-refractivity contribution in [1.29, 1.82) is 0 Å². The van der Waals surface area contributed by atoms with Crippen molar-refractivity contribution in [3.8, 4) is 0 Å². The molecule has 0 saturated carbocycles. The van der Waals surface area contributed by atoms with Crippen LogP contribution in [0.15, 0.2) is 30.9 Å². The van der Waals surface area contributed by atoms with E-state index in [0.717, 1.165) is 4.57 Å². The van der Waals surface area contributed by atoms with Gasteiger partial charge in [0.25, 0.3) is 0 Å². The van der Waals surface area contributed by atoms with Crippen LogP contribution in [0.25, 0.3) is 0 Å². The van der Waals surface area contributed by atoms with E-state index in [1.54, 1.807) is 23.0 Å². The monoisotopic (exact) mass is 225 g/mol. The molecule has 4 nitrogen and oxygen atoms in total. The number of carbonyl (C=O) groups is 1. The predicted molar refractivity (Wildman–Crippen MR) is 52.4 cm³/mol. The van der Waals surface area contributed by atoms with Crippen LogP contribution in [0.2, 0.25) is 0 Å². The summed E-state index contributed by atoms with van der Waals surface area (Å²) < 4.78 is 27.4. The Morgan fingerprint density at radius 2 is 2.25 bits per heavy atom. The molecule has 0 N–H and O–H groups in total. The zero-order valence-corrected chi connectivity index (χ0v) is 8.25. The highest BCUT2D eigenvalue weighted by Crippen LogP contribution is 2.13. The fraction of sp³-hybridized carbons (Fsp3) is 0.200. The van der Waals surface area contributed by atoms with Crippen LogP contribution in [-0.2, 0) is 6.54 Å². The summed E-state index contributed by atoms with van der Waals surface area (Å²) in [5, 5.41) is 0. The number of alkyl halides is 2. The molecule has 2 aromatic rings. The Hall–Kier alpha value is -1.98. The molecule has 0 atom stereocenters. The standard InChI is InChI=1S/C10H9F2N3O/c11-10(12)15-4-2-13-9(15)6-14-3-1-8(5-14)7-16/h1-5,7,10H,6H2. The number of hydrogen-bond donors (Lipinski definition) is 0. The van der Waals surface area contributed by atoms with Gasteiger partial charge >= 0.3 is 6.55 Å². The Kier molecular flexibility index (Phi) is 2.80. The van der Waals surface area contributed by atoms with Crippen LogP contribution in [0.3, 0.4) is 0 Å². The number of aldehydes is 1. The Balaban J connectivity index is 2.20. The van der Waals surface area contributed by atoms with E-state index in [2.05, 4.69) is 4.98 Å². The molecule has 0 spiro atoms. The third-order valence-electron chi connectivity index (χ3n) is 2.19. The summed E-state index contributed by atoms with van der Waals surface area (Å²) in [6, 6.07) is 1.61. The first-order valence-electron chi connectivity index (χ1n) is 4.61. The van der Waals surface area contributed by atoms with E-state index >= 15 is 0 Å². The second-order valence-corrected chi connectivity index (χ2v) is 3.26. The minimum Gasteiger partial charge on any atom is -0.346 e. The van der Waals surface area contributed by atoms with Crippen molar-refractivity contribution in [3.05, 3.63) is 42.2 Å². The number of halogens is 2. The van der Waals surface area contributed by atoms with Gasteiger partial charge in [0.2, 0.25) is 0 Å². The molecule has 0 fully saturated rings. The normalized spacial score (nSPS) is 10.9. The van der Waals surface area contributed by atoms with E-state index in [4.69, 9.17) is 0 Å². The average molecular weight is 225 g/mol. The lowest BCUT2D eigenvalue weighted by atomic mass is 10.4. The van der Waals surface area contributed by atoms with Crippen LogP contribution in [0.5, 0.6) is 0 Å². The molecule has 84 valence electrons. The molecule has 0 bridgehead atoms. The summed E-state index contributed by atoms with van der Waals surface area (Å²) in [6.07, 6.45) is 6.48. The van der Waals surface area contributed by atoms with Crippen LogP contribution in [-0.4, -0.2) is 20.4 Å². The summed E-state index contributed by atoms with van der Waals surface area (Å²) in [5.41, 5.74) is 0.509. The van der Waals surface area contributed by atoms with E-state index in [1.807, 2.05) is 0 Å². The number of hydrogen-bond acceptors (Lipinski definition) is 2. The zero-order chi connectivity index (χ0) is 11.5. The van der Waals surface area contributed by atoms with Crippen LogP contribution >= 0.6 is 0 Å². The van der Waals surface area contributed by atoms with Crippen LogP contribution < -0.4 is 0 Å². The number of rotatable bonds is 4. The number of aromatic nitrogens is 3. The summed E-state index contributed by atoms with van der Waals surface area (Å²) in [5.74, 6) is 0.253.